The van der Waals surface area contributed by atoms with Crippen LogP contribution in [0.3, 0.4) is 0 Å². The zero-order chi connectivity index (χ0) is 45.9. The summed E-state index contributed by atoms with van der Waals surface area (Å²) in [5, 5.41) is 0.778. The van der Waals surface area contributed by atoms with Crippen LogP contribution in [0.4, 0.5) is 31.5 Å². The molecule has 0 fully saturated rings. The van der Waals surface area contributed by atoms with Crippen LogP contribution >= 0.6 is 0 Å². The average Bonchev–Trinajstić information content (AvgIpc) is 3.77. The summed E-state index contributed by atoms with van der Waals surface area (Å²) in [4.78, 5) is 9.37. The van der Waals surface area contributed by atoms with Crippen molar-refractivity contribution in [2.24, 2.45) is 0 Å². The largest absolute Gasteiger partial charge is 2.00 e. The third-order valence-electron chi connectivity index (χ3n) is 11.1. The van der Waals surface area contributed by atoms with Gasteiger partial charge in [0.1, 0.15) is 11.5 Å². The van der Waals surface area contributed by atoms with Crippen molar-refractivity contribution in [1.29, 1.82) is 0 Å². The van der Waals surface area contributed by atoms with Gasteiger partial charge in [0.05, 0.1) is 5.48 Å². The van der Waals surface area contributed by atoms with E-state index < -0.39 is 45.4 Å². The maximum atomic E-state index is 17.6. The van der Waals surface area contributed by atoms with E-state index in [1.165, 1.54) is 16.8 Å². The first kappa shape index (κ1) is 37.9. The smallest absolute Gasteiger partial charge is 0.380 e. The van der Waals surface area contributed by atoms with Gasteiger partial charge in [0.2, 0.25) is 5.69 Å². The van der Waals surface area contributed by atoms with E-state index in [9.17, 15) is 2.74 Å². The standard InChI is InChI=1S/C52H53F2N5.Pt/c1-48(2,3)33-24-25-55-45(30-33)59-41-21-14-13-18-38(41)46-44(59)29-36(31-56-46)52(53,54)35-26-34(49(4,5)6)27-37(28-35)57-32-58(43-23-16-15-22-42(43)57)47-39(50(7,8)9)19-17-20-40(47)51(10,11)12;/h13-27,30-31H,1-12H3;/q;+2/i15D,16D,22D,23D;. The van der Waals surface area contributed by atoms with Crippen LogP contribution in [-0.2, 0) is 48.6 Å². The first-order valence-corrected chi connectivity index (χ1v) is 20.1. The summed E-state index contributed by atoms with van der Waals surface area (Å²) in [6.45, 7) is 24.7. The van der Waals surface area contributed by atoms with Gasteiger partial charge in [-0.15, -0.1) is 11.6 Å². The van der Waals surface area contributed by atoms with Crippen LogP contribution < -0.4 is 9.15 Å². The van der Waals surface area contributed by atoms with Crippen LogP contribution in [-0.4, -0.2) is 20.5 Å². The molecule has 0 aliphatic carbocycles. The minimum absolute atomic E-state index is 0. The van der Waals surface area contributed by atoms with E-state index in [2.05, 4.69) is 85.4 Å². The zero-order valence-corrected chi connectivity index (χ0v) is 38.6. The molecule has 1 aliphatic rings. The molecule has 0 N–H and O–H groups in total. The molecule has 4 aromatic carbocycles. The van der Waals surface area contributed by atoms with Crippen LogP contribution in [0.1, 0.15) is 122 Å². The Morgan fingerprint density at radius 2 is 1.28 bits per heavy atom. The molecule has 8 heteroatoms. The molecule has 7 aromatic rings. The Balaban J connectivity index is 0.00000612. The molecule has 60 heavy (non-hydrogen) atoms. The monoisotopic (exact) mass is 984 g/mol. The van der Waals surface area contributed by atoms with Crippen LogP contribution in [0.15, 0.2) is 103 Å². The maximum Gasteiger partial charge on any atom is 2.00 e. The van der Waals surface area contributed by atoms with Gasteiger partial charge in [0.25, 0.3) is 17.3 Å². The van der Waals surface area contributed by atoms with Crippen LogP contribution in [0.2, 0.25) is 0 Å². The summed E-state index contributed by atoms with van der Waals surface area (Å²) < 4.78 is 76.3. The van der Waals surface area contributed by atoms with Crippen molar-refractivity contribution >= 4 is 50.7 Å². The molecule has 0 radical (unpaired) electrons. The Hall–Kier alpha value is -5.09. The summed E-state index contributed by atoms with van der Waals surface area (Å²) in [5.74, 6) is -3.12. The normalized spacial score (nSPS) is 14.6. The Labute approximate surface area is 373 Å². The van der Waals surface area contributed by atoms with Gasteiger partial charge in [-0.2, -0.15) is 6.07 Å². The maximum absolute atomic E-state index is 17.6. The number of fused-ring (bicyclic) bond motifs is 4. The third-order valence-corrected chi connectivity index (χ3v) is 11.1. The quantitative estimate of drug-likeness (QED) is 0.127. The molecule has 0 saturated heterocycles. The molecule has 0 spiro atoms. The number of nitrogens with zero attached hydrogens (tertiary/aromatic N) is 5. The molecular formula is C52H53F2N5Pt+2. The van der Waals surface area contributed by atoms with Gasteiger partial charge in [-0.1, -0.05) is 166 Å². The van der Waals surface area contributed by atoms with Crippen LogP contribution in [0.25, 0.3) is 27.8 Å². The van der Waals surface area contributed by atoms with Crippen molar-refractivity contribution < 1.29 is 35.3 Å². The van der Waals surface area contributed by atoms with E-state index in [1.807, 2.05) is 79.9 Å². The number of rotatable bonds is 5. The summed E-state index contributed by atoms with van der Waals surface area (Å²) in [5.41, 5.74) is 3.67. The van der Waals surface area contributed by atoms with Gasteiger partial charge < -0.3 is 9.55 Å². The van der Waals surface area contributed by atoms with E-state index in [-0.39, 0.29) is 55.6 Å². The predicted octanol–water partition coefficient (Wildman–Crippen LogP) is 13.4. The Kier molecular flexibility index (Phi) is 9.36. The number of benzene rings is 4. The van der Waals surface area contributed by atoms with Gasteiger partial charge >= 0.3 is 27.1 Å². The van der Waals surface area contributed by atoms with Crippen molar-refractivity contribution in [2.75, 3.05) is 0 Å². The molecule has 1 aliphatic heterocycles. The van der Waals surface area contributed by atoms with Crippen molar-refractivity contribution in [2.45, 2.75) is 111 Å². The van der Waals surface area contributed by atoms with Gasteiger partial charge in [0.15, 0.2) is 0 Å². The molecule has 5 nitrogen and oxygen atoms in total. The zero-order valence-electron chi connectivity index (χ0n) is 40.3. The van der Waals surface area contributed by atoms with Gasteiger partial charge in [-0.25, -0.2) is 13.8 Å². The molecule has 0 bridgehead atoms. The second-order valence-corrected chi connectivity index (χ2v) is 19.7. The number of alkyl halides is 2. The fourth-order valence-electron chi connectivity index (χ4n) is 7.74. The number of hydrogen-bond acceptors (Lipinski definition) is 2. The molecule has 308 valence electrons. The Morgan fingerprint density at radius 1 is 0.667 bits per heavy atom. The molecule has 4 heterocycles. The second-order valence-electron chi connectivity index (χ2n) is 19.7. The number of para-hydroxylation sites is 4. The molecule has 8 rings (SSSR count). The average molecular weight is 985 g/mol. The summed E-state index contributed by atoms with van der Waals surface area (Å²) in [7, 11) is 0. The number of halogens is 2. The van der Waals surface area contributed by atoms with Crippen molar-refractivity contribution in [3.63, 3.8) is 0 Å². The SMILES string of the molecule is [2H]c1c([2H])c([2H])c2c(c1[2H])[N+](c1[c-]c(C(F)(F)c3[c-]c4c(nc3)c3ccccc3n4-c3cc(C(C)(C)C)ccn3)cc(C(C)(C)C)c1)=C=[N+]2c1c(C(C)(C)C)cccc1C(C)(C)C.[Pt+2]. The topological polar surface area (TPSA) is 36.7 Å². The summed E-state index contributed by atoms with van der Waals surface area (Å²) in [6.07, 6.45) is 2.91. The van der Waals surface area contributed by atoms with E-state index in [0.717, 1.165) is 33.3 Å². The minimum atomic E-state index is -3.68. The van der Waals surface area contributed by atoms with Crippen molar-refractivity contribution in [3.8, 4) is 5.82 Å². The minimum Gasteiger partial charge on any atom is -0.380 e. The van der Waals surface area contributed by atoms with E-state index in [4.69, 9.17) is 7.73 Å². The second kappa shape index (κ2) is 14.8. The van der Waals surface area contributed by atoms with E-state index in [0.29, 0.717) is 22.4 Å². The molecule has 0 amide bonds. The molecule has 0 atom stereocenters. The first-order chi connectivity index (χ1) is 29.2. The number of aromatic nitrogens is 3. The molecule has 0 unspecified atom stereocenters. The predicted molar refractivity (Wildman–Crippen MR) is 239 cm³/mol. The Bertz CT molecular complexity index is 3090. The summed E-state index contributed by atoms with van der Waals surface area (Å²) in [6, 6.07) is 28.8. The number of hydrogen-bond donors (Lipinski definition) is 0. The van der Waals surface area contributed by atoms with E-state index in [1.54, 1.807) is 16.8 Å². The van der Waals surface area contributed by atoms with Gasteiger partial charge in [-0.3, -0.25) is 0 Å². The van der Waals surface area contributed by atoms with Crippen LogP contribution in [0, 0.1) is 12.1 Å². The summed E-state index contributed by atoms with van der Waals surface area (Å²) >= 11 is 0. The molecule has 0 saturated carbocycles. The fraction of sp³-hybridized carbons (Fsp3) is 0.327. The van der Waals surface area contributed by atoms with Crippen molar-refractivity contribution in [3.05, 3.63) is 149 Å². The third kappa shape index (κ3) is 7.50. The van der Waals surface area contributed by atoms with Gasteiger partial charge in [-0.05, 0) is 66.4 Å². The Morgan fingerprint density at radius 3 is 1.90 bits per heavy atom. The van der Waals surface area contributed by atoms with Gasteiger partial charge in [0, 0.05) is 34.9 Å². The molecule has 3 aromatic heterocycles. The van der Waals surface area contributed by atoms with E-state index >= 15 is 8.78 Å². The first-order valence-electron chi connectivity index (χ1n) is 22.1. The molecular weight excluding hydrogens is 928 g/mol. The fourth-order valence-corrected chi connectivity index (χ4v) is 7.74. The van der Waals surface area contributed by atoms with Crippen molar-refractivity contribution in [1.82, 2.24) is 23.7 Å². The van der Waals surface area contributed by atoms with Crippen LogP contribution in [0.5, 0.6) is 0 Å². The number of pyridine rings is 2.